The fraction of sp³-hybridized carbons (Fsp3) is 0.696. The number of hydrogen-bond acceptors (Lipinski definition) is 4. The van der Waals surface area contributed by atoms with Crippen molar-refractivity contribution in [2.24, 2.45) is 4.99 Å². The van der Waals surface area contributed by atoms with E-state index in [-0.39, 0.29) is 0 Å². The first-order valence-corrected chi connectivity index (χ1v) is 11.3. The molecule has 1 aromatic rings. The third-order valence-corrected chi connectivity index (χ3v) is 6.23. The molecule has 0 aromatic heterocycles. The van der Waals surface area contributed by atoms with Crippen LogP contribution < -0.4 is 10.6 Å². The molecule has 1 heterocycles. The summed E-state index contributed by atoms with van der Waals surface area (Å²) in [6.45, 7) is 7.47. The number of nitrogens with one attached hydrogen (secondary N) is 2. The summed E-state index contributed by atoms with van der Waals surface area (Å²) in [5.41, 5.74) is 2.77. The Morgan fingerprint density at radius 3 is 2.55 bits per heavy atom. The van der Waals surface area contributed by atoms with Crippen LogP contribution in [-0.4, -0.2) is 75.3 Å². The Hall–Kier alpha value is -1.63. The molecule has 1 aromatic carbocycles. The van der Waals surface area contributed by atoms with Gasteiger partial charge < -0.3 is 15.4 Å². The highest BCUT2D eigenvalue weighted by molar-refractivity contribution is 5.79. The van der Waals surface area contributed by atoms with E-state index >= 15 is 0 Å². The van der Waals surface area contributed by atoms with Gasteiger partial charge in [0.25, 0.3) is 0 Å². The van der Waals surface area contributed by atoms with E-state index in [1.54, 1.807) is 0 Å². The monoisotopic (exact) mass is 401 g/mol. The van der Waals surface area contributed by atoms with Crippen LogP contribution in [0.1, 0.15) is 43.2 Å². The summed E-state index contributed by atoms with van der Waals surface area (Å²) < 4.78 is 5.41. The highest BCUT2D eigenvalue weighted by Gasteiger charge is 2.18. The minimum Gasteiger partial charge on any atom is -0.379 e. The molecular weight excluding hydrogens is 362 g/mol. The second kappa shape index (κ2) is 12.2. The van der Waals surface area contributed by atoms with E-state index in [4.69, 9.17) is 4.74 Å². The normalized spacial score (nSPS) is 19.5. The quantitative estimate of drug-likeness (QED) is 0.518. The van der Waals surface area contributed by atoms with Crippen molar-refractivity contribution in [1.29, 1.82) is 0 Å². The molecule has 2 fully saturated rings. The number of aliphatic imine (C=N–C) groups is 1. The molecule has 3 rings (SSSR count). The molecule has 0 spiro atoms. The lowest BCUT2D eigenvalue weighted by molar-refractivity contribution is 0.0389. The molecular formula is C23H39N5O. The molecule has 2 aliphatic rings. The van der Waals surface area contributed by atoms with Gasteiger partial charge in [-0.05, 0) is 31.0 Å². The van der Waals surface area contributed by atoms with E-state index in [2.05, 4.69) is 56.7 Å². The zero-order chi connectivity index (χ0) is 20.3. The van der Waals surface area contributed by atoms with Crippen molar-refractivity contribution in [3.05, 3.63) is 35.4 Å². The average molecular weight is 402 g/mol. The van der Waals surface area contributed by atoms with Crippen LogP contribution >= 0.6 is 0 Å². The molecule has 162 valence electrons. The largest absolute Gasteiger partial charge is 0.379 e. The molecule has 6 heteroatoms. The van der Waals surface area contributed by atoms with Gasteiger partial charge in [-0.2, -0.15) is 0 Å². The van der Waals surface area contributed by atoms with Crippen molar-refractivity contribution < 1.29 is 4.74 Å². The molecule has 1 saturated carbocycles. The lowest BCUT2D eigenvalue weighted by atomic mass is 9.94. The summed E-state index contributed by atoms with van der Waals surface area (Å²) in [6, 6.07) is 9.53. The summed E-state index contributed by atoms with van der Waals surface area (Å²) in [5, 5.41) is 6.94. The van der Waals surface area contributed by atoms with Crippen LogP contribution in [0.3, 0.4) is 0 Å². The second-order valence-electron chi connectivity index (χ2n) is 8.28. The Morgan fingerprint density at radius 2 is 1.83 bits per heavy atom. The number of benzene rings is 1. The number of rotatable bonds is 8. The third-order valence-electron chi connectivity index (χ3n) is 6.23. The van der Waals surface area contributed by atoms with Gasteiger partial charge in [0.2, 0.25) is 0 Å². The minimum absolute atomic E-state index is 0.736. The number of morpholine rings is 1. The van der Waals surface area contributed by atoms with Gasteiger partial charge in [-0.15, -0.1) is 0 Å². The van der Waals surface area contributed by atoms with E-state index < -0.39 is 0 Å². The Morgan fingerprint density at radius 1 is 1.10 bits per heavy atom. The fourth-order valence-electron chi connectivity index (χ4n) is 4.36. The lowest BCUT2D eigenvalue weighted by Crippen LogP contribution is -2.44. The first-order chi connectivity index (χ1) is 14.3. The molecule has 0 atom stereocenters. The summed E-state index contributed by atoms with van der Waals surface area (Å²) in [4.78, 5) is 9.37. The maximum Gasteiger partial charge on any atom is 0.191 e. The lowest BCUT2D eigenvalue weighted by Gasteiger charge is -2.31. The molecule has 0 bridgehead atoms. The molecule has 0 amide bonds. The standard InChI is InChI=1S/C23H39N5O/c1-24-23(25-12-13-28-14-16-29-17-15-28)26-18-20-8-6-7-9-21(20)19-27(2)22-10-4-3-5-11-22/h6-9,22H,3-5,10-19H2,1-2H3,(H2,24,25,26). The van der Waals surface area contributed by atoms with Crippen LogP contribution in [0.25, 0.3) is 0 Å². The zero-order valence-corrected chi connectivity index (χ0v) is 18.3. The van der Waals surface area contributed by atoms with Crippen LogP contribution in [0.2, 0.25) is 0 Å². The van der Waals surface area contributed by atoms with Gasteiger partial charge in [0.15, 0.2) is 5.96 Å². The predicted molar refractivity (Wildman–Crippen MR) is 120 cm³/mol. The van der Waals surface area contributed by atoms with E-state index in [9.17, 15) is 0 Å². The van der Waals surface area contributed by atoms with Gasteiger partial charge in [0.1, 0.15) is 0 Å². The van der Waals surface area contributed by atoms with Crippen molar-refractivity contribution in [2.45, 2.75) is 51.2 Å². The van der Waals surface area contributed by atoms with Gasteiger partial charge in [-0.3, -0.25) is 14.8 Å². The molecule has 1 aliphatic heterocycles. The van der Waals surface area contributed by atoms with Crippen LogP contribution in [0, 0.1) is 0 Å². The highest BCUT2D eigenvalue weighted by atomic mass is 16.5. The van der Waals surface area contributed by atoms with E-state index in [1.807, 2.05) is 7.05 Å². The molecule has 1 saturated heterocycles. The summed E-state index contributed by atoms with van der Waals surface area (Å²) >= 11 is 0. The molecule has 29 heavy (non-hydrogen) atoms. The van der Waals surface area contributed by atoms with Crippen LogP contribution in [0.5, 0.6) is 0 Å². The van der Waals surface area contributed by atoms with Crippen LogP contribution in [0.4, 0.5) is 0 Å². The van der Waals surface area contributed by atoms with E-state index in [1.165, 1.54) is 43.2 Å². The van der Waals surface area contributed by atoms with Crippen LogP contribution in [0.15, 0.2) is 29.3 Å². The second-order valence-corrected chi connectivity index (χ2v) is 8.28. The van der Waals surface area contributed by atoms with Gasteiger partial charge >= 0.3 is 0 Å². The number of ether oxygens (including phenoxy) is 1. The molecule has 0 unspecified atom stereocenters. The summed E-state index contributed by atoms with van der Waals surface area (Å²) in [6.07, 6.45) is 6.85. The summed E-state index contributed by atoms with van der Waals surface area (Å²) in [7, 11) is 4.12. The molecule has 0 radical (unpaired) electrons. The Kier molecular flexibility index (Phi) is 9.25. The van der Waals surface area contributed by atoms with Gasteiger partial charge in [-0.25, -0.2) is 0 Å². The van der Waals surface area contributed by atoms with Crippen molar-refractivity contribution in [3.8, 4) is 0 Å². The smallest absolute Gasteiger partial charge is 0.191 e. The Labute approximate surface area is 176 Å². The van der Waals surface area contributed by atoms with E-state index in [0.29, 0.717) is 0 Å². The van der Waals surface area contributed by atoms with Crippen molar-refractivity contribution in [1.82, 2.24) is 20.4 Å². The number of nitrogens with zero attached hydrogens (tertiary/aromatic N) is 3. The molecule has 2 N–H and O–H groups in total. The van der Waals surface area contributed by atoms with Crippen molar-refractivity contribution in [3.63, 3.8) is 0 Å². The number of hydrogen-bond donors (Lipinski definition) is 2. The first kappa shape index (κ1) is 22.1. The van der Waals surface area contributed by atoms with Crippen molar-refractivity contribution >= 4 is 5.96 Å². The third kappa shape index (κ3) is 7.28. The van der Waals surface area contributed by atoms with Crippen LogP contribution in [-0.2, 0) is 17.8 Å². The molecule has 1 aliphatic carbocycles. The summed E-state index contributed by atoms with van der Waals surface area (Å²) in [5.74, 6) is 0.869. The fourth-order valence-corrected chi connectivity index (χ4v) is 4.36. The SMILES string of the molecule is CN=C(NCCN1CCOCC1)NCc1ccccc1CN(C)C1CCCCC1. The van der Waals surface area contributed by atoms with E-state index in [0.717, 1.165) is 64.5 Å². The predicted octanol–water partition coefficient (Wildman–Crippen LogP) is 2.45. The molecule has 6 nitrogen and oxygen atoms in total. The maximum absolute atomic E-state index is 5.41. The minimum atomic E-state index is 0.736. The van der Waals surface area contributed by atoms with Gasteiger partial charge in [0, 0.05) is 52.4 Å². The van der Waals surface area contributed by atoms with Gasteiger partial charge in [-0.1, -0.05) is 43.5 Å². The van der Waals surface area contributed by atoms with Gasteiger partial charge in [0.05, 0.1) is 13.2 Å². The average Bonchev–Trinajstić information content (AvgIpc) is 2.78. The Balaban J connectivity index is 1.46. The highest BCUT2D eigenvalue weighted by Crippen LogP contribution is 2.23. The number of guanidine groups is 1. The Bertz CT molecular complexity index is 623. The topological polar surface area (TPSA) is 52.1 Å². The maximum atomic E-state index is 5.41. The first-order valence-electron chi connectivity index (χ1n) is 11.3. The zero-order valence-electron chi connectivity index (χ0n) is 18.3. The van der Waals surface area contributed by atoms with Crippen molar-refractivity contribution in [2.75, 3.05) is 53.5 Å².